The van der Waals surface area contributed by atoms with Gasteiger partial charge < -0.3 is 0 Å². The minimum absolute atomic E-state index is 0. The van der Waals surface area contributed by atoms with Crippen LogP contribution in [0.5, 0.6) is 5.75 Å². The molecule has 5 heteroatoms. The zero-order valence-corrected chi connectivity index (χ0v) is 20.0. The molecule has 2 atom stereocenters. The zero-order chi connectivity index (χ0) is 19.7. The first-order valence-corrected chi connectivity index (χ1v) is 12.2. The number of aryl methyl sites for hydroxylation is 1. The molecule has 1 aromatic rings. The molecule has 1 aromatic carbocycles. The van der Waals surface area contributed by atoms with E-state index in [0.717, 1.165) is 19.3 Å². The van der Waals surface area contributed by atoms with E-state index in [-0.39, 0.29) is 16.8 Å². The minimum atomic E-state index is -2.09. The Kier molecular flexibility index (Phi) is 18.3. The van der Waals surface area contributed by atoms with Crippen LogP contribution in [0.25, 0.3) is 0 Å². The Morgan fingerprint density at radius 1 is 0.857 bits per heavy atom. The predicted octanol–water partition coefficient (Wildman–Crippen LogP) is 8.25. The Hall–Kier alpha value is -0.414. The second-order valence-corrected chi connectivity index (χ2v) is 8.43. The van der Waals surface area contributed by atoms with Gasteiger partial charge in [-0.05, 0) is 42.9 Å². The van der Waals surface area contributed by atoms with Crippen molar-refractivity contribution in [3.05, 3.63) is 29.8 Å². The number of unbranched alkanes of at least 4 members (excludes halogenated alkanes) is 7. The molecule has 2 unspecified atom stereocenters. The predicted molar refractivity (Wildman–Crippen MR) is 116 cm³/mol. The summed E-state index contributed by atoms with van der Waals surface area (Å²) < 4.78 is 22.9. The molecule has 0 aromatic heterocycles. The van der Waals surface area contributed by atoms with Crippen LogP contribution in [-0.4, -0.2) is 6.61 Å². The van der Waals surface area contributed by atoms with Crippen molar-refractivity contribution in [3.63, 3.8) is 0 Å². The topological polar surface area (TPSA) is 35.5 Å². The monoisotopic (exact) mass is 454 g/mol. The van der Waals surface area contributed by atoms with Crippen LogP contribution in [0.15, 0.2) is 24.3 Å². The van der Waals surface area contributed by atoms with Crippen LogP contribution >= 0.6 is 8.25 Å². The third-order valence-corrected chi connectivity index (χ3v) is 5.85. The first kappa shape index (κ1) is 27.6. The molecule has 28 heavy (non-hydrogen) atoms. The summed E-state index contributed by atoms with van der Waals surface area (Å²) in [7, 11) is -2.09. The molecular formula is C23H40CoO3P+4. The van der Waals surface area contributed by atoms with E-state index in [9.17, 15) is 4.57 Å². The van der Waals surface area contributed by atoms with Crippen molar-refractivity contribution in [1.82, 2.24) is 0 Å². The van der Waals surface area contributed by atoms with Gasteiger partial charge in [0.2, 0.25) is 0 Å². The molecule has 0 aliphatic heterocycles. The zero-order valence-electron chi connectivity index (χ0n) is 18.1. The van der Waals surface area contributed by atoms with Gasteiger partial charge in [-0.15, -0.1) is 4.52 Å². The Balaban J connectivity index is 0.00000729. The van der Waals surface area contributed by atoms with Crippen molar-refractivity contribution in [2.24, 2.45) is 5.92 Å². The Morgan fingerprint density at radius 2 is 1.46 bits per heavy atom. The standard InChI is InChI=1S/C23H40O3P.Co/c1-4-7-9-10-11-12-13-15-22-16-18-23(19-17-22)26-27(24)25-20-21(6-3)14-8-5-2;/h16-19,21H,4-15,20H2,1-3H3;/q+1;+3. The van der Waals surface area contributed by atoms with E-state index in [1.165, 1.54) is 63.4 Å². The molecule has 0 saturated carbocycles. The molecule has 1 rings (SSSR count). The third-order valence-electron chi connectivity index (χ3n) is 5.13. The van der Waals surface area contributed by atoms with Gasteiger partial charge in [-0.1, -0.05) is 90.7 Å². The quantitative estimate of drug-likeness (QED) is 0.176. The summed E-state index contributed by atoms with van der Waals surface area (Å²) in [4.78, 5) is 0. The fraction of sp³-hybridized carbons (Fsp3) is 0.739. The summed E-state index contributed by atoms with van der Waals surface area (Å²) in [6.07, 6.45) is 15.0. The van der Waals surface area contributed by atoms with Crippen molar-refractivity contribution in [2.75, 3.05) is 6.61 Å². The number of benzene rings is 1. The van der Waals surface area contributed by atoms with Crippen molar-refractivity contribution < 1.29 is 30.4 Å². The SMILES string of the molecule is CCCCCCCCCc1ccc(O[P+](=O)OCC(CC)CCCC)cc1.[Co+3]. The second-order valence-electron chi connectivity index (χ2n) is 7.54. The van der Waals surface area contributed by atoms with E-state index in [0.29, 0.717) is 18.3 Å². The Morgan fingerprint density at radius 3 is 2.07 bits per heavy atom. The van der Waals surface area contributed by atoms with Gasteiger partial charge >= 0.3 is 25.0 Å². The normalized spacial score (nSPS) is 12.3. The summed E-state index contributed by atoms with van der Waals surface area (Å²) >= 11 is 0. The van der Waals surface area contributed by atoms with Gasteiger partial charge in [-0.2, -0.15) is 0 Å². The summed E-state index contributed by atoms with van der Waals surface area (Å²) in [6, 6.07) is 7.96. The van der Waals surface area contributed by atoms with Gasteiger partial charge in [0.1, 0.15) is 6.61 Å². The first-order chi connectivity index (χ1) is 13.2. The van der Waals surface area contributed by atoms with E-state index < -0.39 is 8.25 Å². The van der Waals surface area contributed by atoms with Crippen LogP contribution in [-0.2, 0) is 32.3 Å². The molecule has 160 valence electrons. The summed E-state index contributed by atoms with van der Waals surface area (Å²) in [6.45, 7) is 7.11. The molecule has 0 bridgehead atoms. The molecule has 0 aliphatic rings. The van der Waals surface area contributed by atoms with Crippen molar-refractivity contribution in [2.45, 2.75) is 97.8 Å². The van der Waals surface area contributed by atoms with Crippen molar-refractivity contribution in [3.8, 4) is 5.75 Å². The van der Waals surface area contributed by atoms with Gasteiger partial charge in [0.05, 0.1) is 0 Å². The van der Waals surface area contributed by atoms with Gasteiger partial charge in [0.15, 0.2) is 5.75 Å². The minimum Gasteiger partial charge on any atom is -0.229 e. The average molecular weight is 454 g/mol. The van der Waals surface area contributed by atoms with E-state index in [1.807, 2.05) is 12.1 Å². The van der Waals surface area contributed by atoms with E-state index >= 15 is 0 Å². The number of hydrogen-bond donors (Lipinski definition) is 0. The Labute approximate surface area is 184 Å². The molecule has 0 aliphatic carbocycles. The van der Waals surface area contributed by atoms with E-state index in [2.05, 4.69) is 32.9 Å². The van der Waals surface area contributed by atoms with Crippen LogP contribution in [0, 0.1) is 5.92 Å². The molecule has 0 saturated heterocycles. The smallest absolute Gasteiger partial charge is 0.229 e. The fourth-order valence-electron chi connectivity index (χ4n) is 3.18. The molecule has 0 fully saturated rings. The molecule has 0 N–H and O–H groups in total. The molecule has 0 heterocycles. The molecule has 0 radical (unpaired) electrons. The maximum Gasteiger partial charge on any atom is 3.00 e. The van der Waals surface area contributed by atoms with Crippen molar-refractivity contribution >= 4 is 8.25 Å². The Bertz CT molecular complexity index is 493. The van der Waals surface area contributed by atoms with Crippen LogP contribution in [0.3, 0.4) is 0 Å². The van der Waals surface area contributed by atoms with Crippen LogP contribution < -0.4 is 4.52 Å². The summed E-state index contributed by atoms with van der Waals surface area (Å²) in [5.74, 6) is 1.10. The van der Waals surface area contributed by atoms with E-state index in [1.54, 1.807) is 0 Å². The summed E-state index contributed by atoms with van der Waals surface area (Å²) in [5, 5.41) is 0. The van der Waals surface area contributed by atoms with Gasteiger partial charge in [0, 0.05) is 4.57 Å². The van der Waals surface area contributed by atoms with Crippen LogP contribution in [0.1, 0.15) is 97.0 Å². The maximum atomic E-state index is 12.0. The molecule has 0 spiro atoms. The van der Waals surface area contributed by atoms with Crippen LogP contribution in [0.2, 0.25) is 0 Å². The summed E-state index contributed by atoms with van der Waals surface area (Å²) in [5.41, 5.74) is 1.32. The largest absolute Gasteiger partial charge is 3.00 e. The fourth-order valence-corrected chi connectivity index (χ4v) is 3.86. The average Bonchev–Trinajstić information content (AvgIpc) is 2.68. The number of hydrogen-bond acceptors (Lipinski definition) is 3. The van der Waals surface area contributed by atoms with Crippen LogP contribution in [0.4, 0.5) is 0 Å². The van der Waals surface area contributed by atoms with E-state index in [4.69, 9.17) is 9.05 Å². The molecule has 0 amide bonds. The van der Waals surface area contributed by atoms with Gasteiger partial charge in [-0.25, -0.2) is 4.52 Å². The first-order valence-electron chi connectivity index (χ1n) is 11.1. The van der Waals surface area contributed by atoms with Crippen molar-refractivity contribution in [1.29, 1.82) is 0 Å². The molecular weight excluding hydrogens is 414 g/mol. The third kappa shape index (κ3) is 13.7. The number of rotatable bonds is 17. The second kappa shape index (κ2) is 18.6. The van der Waals surface area contributed by atoms with Gasteiger partial charge in [-0.3, -0.25) is 0 Å². The maximum absolute atomic E-state index is 12.0. The molecule has 3 nitrogen and oxygen atoms in total. The van der Waals surface area contributed by atoms with Gasteiger partial charge in [0.25, 0.3) is 0 Å².